The summed E-state index contributed by atoms with van der Waals surface area (Å²) < 4.78 is 4.91. The Morgan fingerprint density at radius 2 is 2.00 bits per heavy atom. The van der Waals surface area contributed by atoms with E-state index in [9.17, 15) is 9.59 Å². The number of nitrogens with one attached hydrogen (secondary N) is 1. The number of para-hydroxylation sites is 1. The quantitative estimate of drug-likeness (QED) is 0.601. The summed E-state index contributed by atoms with van der Waals surface area (Å²) in [6.45, 7) is 3.66. The summed E-state index contributed by atoms with van der Waals surface area (Å²) in [6, 6.07) is 6.63. The summed E-state index contributed by atoms with van der Waals surface area (Å²) >= 11 is 0. The first-order valence-electron chi connectivity index (χ1n) is 4.70. The molecule has 0 aromatic heterocycles. The maximum absolute atomic E-state index is 11.5. The van der Waals surface area contributed by atoms with Crippen molar-refractivity contribution in [3.63, 3.8) is 0 Å². The molecule has 0 fully saturated rings. The van der Waals surface area contributed by atoms with Crippen molar-refractivity contribution < 1.29 is 14.3 Å². The Morgan fingerprint density at radius 3 is 2.60 bits per heavy atom. The second-order valence-electron chi connectivity index (χ2n) is 2.95. The van der Waals surface area contributed by atoms with Crippen LogP contribution in [0, 0.1) is 0 Å². The van der Waals surface area contributed by atoms with Gasteiger partial charge in [0.15, 0.2) is 0 Å². The van der Waals surface area contributed by atoms with E-state index >= 15 is 0 Å². The van der Waals surface area contributed by atoms with E-state index in [0.29, 0.717) is 12.1 Å². The van der Waals surface area contributed by atoms with Crippen LogP contribution in [0.1, 0.15) is 24.2 Å². The molecule has 0 unspecified atom stereocenters. The Labute approximate surface area is 88.2 Å². The van der Waals surface area contributed by atoms with Crippen LogP contribution in [0.2, 0.25) is 0 Å². The normalized spacial score (nSPS) is 9.47. The molecule has 4 nitrogen and oxygen atoms in total. The number of carbonyl (C=O) groups excluding carboxylic acids is 2. The van der Waals surface area contributed by atoms with Crippen LogP contribution in [0.15, 0.2) is 24.3 Å². The zero-order valence-electron chi connectivity index (χ0n) is 8.74. The van der Waals surface area contributed by atoms with E-state index in [4.69, 9.17) is 4.74 Å². The van der Waals surface area contributed by atoms with Gasteiger partial charge in [-0.05, 0) is 19.1 Å². The van der Waals surface area contributed by atoms with Gasteiger partial charge in [-0.1, -0.05) is 12.1 Å². The van der Waals surface area contributed by atoms with Gasteiger partial charge in [0, 0.05) is 13.5 Å². The van der Waals surface area contributed by atoms with Gasteiger partial charge in [-0.2, -0.15) is 0 Å². The van der Waals surface area contributed by atoms with E-state index in [0.717, 1.165) is 0 Å². The van der Waals surface area contributed by atoms with E-state index in [2.05, 4.69) is 5.32 Å². The SMILES string of the molecule is CCNC(=O)c1ccccc1OC(C)=O. The first-order chi connectivity index (χ1) is 7.15. The minimum absolute atomic E-state index is 0.241. The number of benzene rings is 1. The molecule has 1 aromatic rings. The van der Waals surface area contributed by atoms with E-state index < -0.39 is 5.97 Å². The molecule has 0 atom stereocenters. The lowest BCUT2D eigenvalue weighted by atomic mass is 10.2. The van der Waals surface area contributed by atoms with Crippen LogP contribution >= 0.6 is 0 Å². The Morgan fingerprint density at radius 1 is 1.33 bits per heavy atom. The second kappa shape index (κ2) is 5.14. The second-order valence-corrected chi connectivity index (χ2v) is 2.95. The van der Waals surface area contributed by atoms with Crippen molar-refractivity contribution in [2.24, 2.45) is 0 Å². The van der Waals surface area contributed by atoms with E-state index in [1.165, 1.54) is 6.92 Å². The molecule has 1 aromatic carbocycles. The van der Waals surface area contributed by atoms with Crippen LogP contribution in [-0.4, -0.2) is 18.4 Å². The third kappa shape index (κ3) is 3.09. The van der Waals surface area contributed by atoms with Crippen molar-refractivity contribution in [3.05, 3.63) is 29.8 Å². The Bertz CT molecular complexity index is 374. The van der Waals surface area contributed by atoms with Crippen molar-refractivity contribution >= 4 is 11.9 Å². The molecule has 0 spiro atoms. The highest BCUT2D eigenvalue weighted by atomic mass is 16.5. The highest BCUT2D eigenvalue weighted by molar-refractivity contribution is 5.97. The molecular formula is C11H13NO3. The van der Waals surface area contributed by atoms with Crippen molar-refractivity contribution in [2.75, 3.05) is 6.54 Å². The first-order valence-corrected chi connectivity index (χ1v) is 4.70. The Kier molecular flexibility index (Phi) is 3.85. The van der Waals surface area contributed by atoms with Gasteiger partial charge in [-0.3, -0.25) is 9.59 Å². The van der Waals surface area contributed by atoms with Crippen LogP contribution < -0.4 is 10.1 Å². The lowest BCUT2D eigenvalue weighted by molar-refractivity contribution is -0.131. The molecule has 0 heterocycles. The van der Waals surface area contributed by atoms with Crippen LogP contribution in [0.5, 0.6) is 5.75 Å². The van der Waals surface area contributed by atoms with Gasteiger partial charge in [0.2, 0.25) is 0 Å². The van der Waals surface area contributed by atoms with E-state index in [1.807, 2.05) is 6.92 Å². The molecule has 4 heteroatoms. The molecule has 0 saturated carbocycles. The summed E-state index contributed by atoms with van der Waals surface area (Å²) in [4.78, 5) is 22.3. The zero-order chi connectivity index (χ0) is 11.3. The van der Waals surface area contributed by atoms with Gasteiger partial charge < -0.3 is 10.1 Å². The predicted molar refractivity (Wildman–Crippen MR) is 55.8 cm³/mol. The number of hydrogen-bond acceptors (Lipinski definition) is 3. The average molecular weight is 207 g/mol. The zero-order valence-corrected chi connectivity index (χ0v) is 8.74. The van der Waals surface area contributed by atoms with Gasteiger partial charge >= 0.3 is 5.97 Å². The summed E-state index contributed by atoms with van der Waals surface area (Å²) in [6.07, 6.45) is 0. The summed E-state index contributed by atoms with van der Waals surface area (Å²) in [5.74, 6) is -0.392. The minimum atomic E-state index is -0.438. The van der Waals surface area contributed by atoms with Crippen molar-refractivity contribution in [1.82, 2.24) is 5.32 Å². The number of carbonyl (C=O) groups is 2. The number of hydrogen-bond donors (Lipinski definition) is 1. The third-order valence-corrected chi connectivity index (χ3v) is 1.72. The molecule has 0 aliphatic carbocycles. The summed E-state index contributed by atoms with van der Waals surface area (Å²) in [5.41, 5.74) is 0.370. The third-order valence-electron chi connectivity index (χ3n) is 1.72. The minimum Gasteiger partial charge on any atom is -0.426 e. The Balaban J connectivity index is 2.95. The highest BCUT2D eigenvalue weighted by Crippen LogP contribution is 2.17. The molecule has 0 bridgehead atoms. The van der Waals surface area contributed by atoms with Gasteiger partial charge in [-0.15, -0.1) is 0 Å². The summed E-state index contributed by atoms with van der Waals surface area (Å²) in [5, 5.41) is 2.65. The number of amides is 1. The molecule has 1 N–H and O–H groups in total. The molecule has 80 valence electrons. The fraction of sp³-hybridized carbons (Fsp3) is 0.273. The molecule has 0 aliphatic rings. The molecular weight excluding hydrogens is 194 g/mol. The van der Waals surface area contributed by atoms with Gasteiger partial charge in [0.05, 0.1) is 5.56 Å². The topological polar surface area (TPSA) is 55.4 Å². The fourth-order valence-corrected chi connectivity index (χ4v) is 1.15. The maximum Gasteiger partial charge on any atom is 0.308 e. The predicted octanol–water partition coefficient (Wildman–Crippen LogP) is 1.36. The van der Waals surface area contributed by atoms with Crippen molar-refractivity contribution in [2.45, 2.75) is 13.8 Å². The van der Waals surface area contributed by atoms with E-state index in [-0.39, 0.29) is 11.7 Å². The molecule has 0 saturated heterocycles. The Hall–Kier alpha value is -1.84. The molecule has 0 radical (unpaired) electrons. The van der Waals surface area contributed by atoms with Crippen LogP contribution in [0.25, 0.3) is 0 Å². The number of rotatable bonds is 3. The maximum atomic E-state index is 11.5. The largest absolute Gasteiger partial charge is 0.426 e. The lowest BCUT2D eigenvalue weighted by Crippen LogP contribution is -2.23. The van der Waals surface area contributed by atoms with Crippen LogP contribution in [-0.2, 0) is 4.79 Å². The summed E-state index contributed by atoms with van der Waals surface area (Å²) in [7, 11) is 0. The smallest absolute Gasteiger partial charge is 0.308 e. The van der Waals surface area contributed by atoms with Crippen molar-refractivity contribution in [1.29, 1.82) is 0 Å². The fourth-order valence-electron chi connectivity index (χ4n) is 1.15. The van der Waals surface area contributed by atoms with Crippen molar-refractivity contribution in [3.8, 4) is 5.75 Å². The number of esters is 1. The average Bonchev–Trinajstić information content (AvgIpc) is 2.18. The molecule has 0 aliphatic heterocycles. The monoisotopic (exact) mass is 207 g/mol. The van der Waals surface area contributed by atoms with Crippen LogP contribution in [0.3, 0.4) is 0 Å². The molecule has 1 amide bonds. The highest BCUT2D eigenvalue weighted by Gasteiger charge is 2.11. The molecule has 15 heavy (non-hydrogen) atoms. The first kappa shape index (κ1) is 11.2. The number of ether oxygens (including phenoxy) is 1. The van der Waals surface area contributed by atoms with E-state index in [1.54, 1.807) is 24.3 Å². The standard InChI is InChI=1S/C11H13NO3/c1-3-12-11(14)9-6-4-5-7-10(9)15-8(2)13/h4-7H,3H2,1-2H3,(H,12,14). The van der Waals surface area contributed by atoms with Gasteiger partial charge in [0.1, 0.15) is 5.75 Å². The van der Waals surface area contributed by atoms with Gasteiger partial charge in [0.25, 0.3) is 5.91 Å². The molecule has 1 rings (SSSR count). The van der Waals surface area contributed by atoms with Gasteiger partial charge in [-0.25, -0.2) is 0 Å². The van der Waals surface area contributed by atoms with Crippen LogP contribution in [0.4, 0.5) is 0 Å². The lowest BCUT2D eigenvalue weighted by Gasteiger charge is -2.07.